The molecule has 5 rings (SSSR count). The van der Waals surface area contributed by atoms with Gasteiger partial charge in [0, 0.05) is 18.8 Å². The summed E-state index contributed by atoms with van der Waals surface area (Å²) in [6.45, 7) is 12.1. The molecule has 4 aliphatic carbocycles. The molecule has 0 aromatic carbocycles. The van der Waals surface area contributed by atoms with Gasteiger partial charge in [-0.3, -0.25) is 4.79 Å². The van der Waals surface area contributed by atoms with Gasteiger partial charge >= 0.3 is 0 Å². The van der Waals surface area contributed by atoms with Crippen LogP contribution in [0, 0.1) is 46.3 Å². The van der Waals surface area contributed by atoms with E-state index in [1.807, 2.05) is 6.08 Å². The molecular formula is C27H40O2. The van der Waals surface area contributed by atoms with Gasteiger partial charge in [0.15, 0.2) is 5.78 Å². The summed E-state index contributed by atoms with van der Waals surface area (Å²) in [5.41, 5.74) is 2.24. The SMILES string of the molecule is CC1=C(CCC(C)C)O[C@H]2C[C@H]3[C@@H]4CC[C@H]5CC(=O)C=C[C@]5(C)[C@H]4CC[C@]3(C)[C@@H]12. The number of hydrogen-bond donors (Lipinski definition) is 0. The van der Waals surface area contributed by atoms with E-state index in [1.54, 1.807) is 5.57 Å². The van der Waals surface area contributed by atoms with E-state index in [1.165, 1.54) is 44.3 Å². The second kappa shape index (κ2) is 6.72. The molecule has 0 spiro atoms. The zero-order valence-electron chi connectivity index (χ0n) is 19.2. The van der Waals surface area contributed by atoms with Crippen LogP contribution >= 0.6 is 0 Å². The molecule has 3 fully saturated rings. The fourth-order valence-electron chi connectivity index (χ4n) is 8.64. The molecule has 0 bridgehead atoms. The molecule has 2 heteroatoms. The van der Waals surface area contributed by atoms with Crippen LogP contribution in [-0.2, 0) is 9.53 Å². The molecule has 0 saturated heterocycles. The average Bonchev–Trinajstić information content (AvgIpc) is 3.14. The summed E-state index contributed by atoms with van der Waals surface area (Å²) in [4.78, 5) is 12.0. The van der Waals surface area contributed by atoms with Crippen LogP contribution in [0.3, 0.4) is 0 Å². The first kappa shape index (κ1) is 19.9. The van der Waals surface area contributed by atoms with Gasteiger partial charge in [0.25, 0.3) is 0 Å². The lowest BCUT2D eigenvalue weighted by Gasteiger charge is -2.58. The van der Waals surface area contributed by atoms with Gasteiger partial charge in [0.05, 0.1) is 5.76 Å². The van der Waals surface area contributed by atoms with Gasteiger partial charge in [-0.2, -0.15) is 0 Å². The van der Waals surface area contributed by atoms with E-state index in [0.717, 1.165) is 36.5 Å². The van der Waals surface area contributed by atoms with E-state index < -0.39 is 0 Å². The van der Waals surface area contributed by atoms with Crippen LogP contribution in [0.15, 0.2) is 23.5 Å². The molecule has 0 amide bonds. The van der Waals surface area contributed by atoms with Gasteiger partial charge in [-0.1, -0.05) is 33.8 Å². The van der Waals surface area contributed by atoms with E-state index in [9.17, 15) is 4.79 Å². The molecular weight excluding hydrogens is 356 g/mol. The van der Waals surface area contributed by atoms with Crippen molar-refractivity contribution in [2.75, 3.05) is 0 Å². The molecule has 8 atom stereocenters. The lowest BCUT2D eigenvalue weighted by molar-refractivity contribution is -0.122. The average molecular weight is 397 g/mol. The van der Waals surface area contributed by atoms with Gasteiger partial charge in [0.2, 0.25) is 0 Å². The van der Waals surface area contributed by atoms with E-state index in [0.29, 0.717) is 29.1 Å². The van der Waals surface area contributed by atoms with Crippen molar-refractivity contribution in [3.63, 3.8) is 0 Å². The number of fused-ring (bicyclic) bond motifs is 7. The molecule has 0 radical (unpaired) electrons. The van der Waals surface area contributed by atoms with Gasteiger partial charge < -0.3 is 4.74 Å². The van der Waals surface area contributed by atoms with Crippen molar-refractivity contribution in [2.24, 2.45) is 46.3 Å². The topological polar surface area (TPSA) is 26.3 Å². The van der Waals surface area contributed by atoms with Crippen molar-refractivity contribution in [3.05, 3.63) is 23.5 Å². The summed E-state index contributed by atoms with van der Waals surface area (Å²) >= 11 is 0. The zero-order valence-corrected chi connectivity index (χ0v) is 19.2. The predicted molar refractivity (Wildman–Crippen MR) is 117 cm³/mol. The summed E-state index contributed by atoms with van der Waals surface area (Å²) in [5, 5.41) is 0. The highest BCUT2D eigenvalue weighted by molar-refractivity contribution is 5.91. The molecule has 2 nitrogen and oxygen atoms in total. The summed E-state index contributed by atoms with van der Waals surface area (Å²) in [6.07, 6.45) is 14.3. The predicted octanol–water partition coefficient (Wildman–Crippen LogP) is 6.71. The first-order valence-electron chi connectivity index (χ1n) is 12.3. The monoisotopic (exact) mass is 396 g/mol. The van der Waals surface area contributed by atoms with E-state index in [2.05, 4.69) is 40.7 Å². The molecule has 0 aromatic heterocycles. The maximum atomic E-state index is 12.0. The third-order valence-corrected chi connectivity index (χ3v) is 10.2. The fourth-order valence-corrected chi connectivity index (χ4v) is 8.64. The molecule has 5 aliphatic rings. The van der Waals surface area contributed by atoms with Gasteiger partial charge in [0.1, 0.15) is 6.10 Å². The number of hydrogen-bond acceptors (Lipinski definition) is 2. The Morgan fingerprint density at radius 2 is 1.97 bits per heavy atom. The lowest BCUT2D eigenvalue weighted by atomic mass is 9.46. The van der Waals surface area contributed by atoms with Crippen molar-refractivity contribution in [2.45, 2.75) is 92.1 Å². The van der Waals surface area contributed by atoms with Crippen LogP contribution in [0.5, 0.6) is 0 Å². The van der Waals surface area contributed by atoms with Gasteiger partial charge in [-0.05, 0) is 97.5 Å². The molecule has 29 heavy (non-hydrogen) atoms. The second-order valence-corrected chi connectivity index (χ2v) is 12.0. The third-order valence-electron chi connectivity index (χ3n) is 10.2. The Hall–Kier alpha value is -1.05. The van der Waals surface area contributed by atoms with E-state index in [4.69, 9.17) is 4.74 Å². The van der Waals surface area contributed by atoms with Crippen molar-refractivity contribution in [1.29, 1.82) is 0 Å². The van der Waals surface area contributed by atoms with Crippen LogP contribution < -0.4 is 0 Å². The Morgan fingerprint density at radius 1 is 1.17 bits per heavy atom. The third kappa shape index (κ3) is 2.83. The standard InChI is InChI=1S/C27H40O2/c1-16(2)6-9-23-17(3)25-24(29-23)15-22-20-8-7-18-14-19(28)10-12-26(18,4)21(20)11-13-27(22,25)5/h10,12,16,18,20-22,24-25H,6-9,11,13-15H2,1-5H3/t18-,20+,21-,22-,24-,25-,26-,27-/m0/s1. The lowest BCUT2D eigenvalue weighted by Crippen LogP contribution is -2.52. The normalized spacial score (nSPS) is 48.3. The zero-order chi connectivity index (χ0) is 20.6. The van der Waals surface area contributed by atoms with Crippen molar-refractivity contribution in [1.82, 2.24) is 0 Å². The van der Waals surface area contributed by atoms with E-state index >= 15 is 0 Å². The Labute approximate surface area is 177 Å². The number of ketones is 1. The molecule has 160 valence electrons. The Bertz CT molecular complexity index is 760. The van der Waals surface area contributed by atoms with Crippen LogP contribution in [0.4, 0.5) is 0 Å². The van der Waals surface area contributed by atoms with Crippen LogP contribution in [0.25, 0.3) is 0 Å². The minimum Gasteiger partial charge on any atom is -0.494 e. The van der Waals surface area contributed by atoms with Gasteiger partial charge in [-0.25, -0.2) is 0 Å². The molecule has 0 aromatic rings. The van der Waals surface area contributed by atoms with Crippen LogP contribution in [0.1, 0.15) is 86.0 Å². The quantitative estimate of drug-likeness (QED) is 0.530. The van der Waals surface area contributed by atoms with Crippen molar-refractivity contribution in [3.8, 4) is 0 Å². The maximum absolute atomic E-state index is 12.0. The van der Waals surface area contributed by atoms with Crippen molar-refractivity contribution >= 4 is 5.78 Å². The summed E-state index contributed by atoms with van der Waals surface area (Å²) in [6, 6.07) is 0. The highest BCUT2D eigenvalue weighted by Gasteiger charge is 2.64. The van der Waals surface area contributed by atoms with Gasteiger partial charge in [-0.15, -0.1) is 0 Å². The second-order valence-electron chi connectivity index (χ2n) is 12.0. The maximum Gasteiger partial charge on any atom is 0.155 e. The Kier molecular flexibility index (Phi) is 4.61. The van der Waals surface area contributed by atoms with Crippen molar-refractivity contribution < 1.29 is 9.53 Å². The number of ether oxygens (including phenoxy) is 1. The molecule has 1 heterocycles. The Balaban J connectivity index is 1.41. The summed E-state index contributed by atoms with van der Waals surface area (Å²) in [7, 11) is 0. The van der Waals surface area contributed by atoms with Crippen LogP contribution in [-0.4, -0.2) is 11.9 Å². The number of rotatable bonds is 3. The molecule has 1 aliphatic heterocycles. The number of carbonyl (C=O) groups is 1. The molecule has 0 unspecified atom stereocenters. The highest BCUT2D eigenvalue weighted by atomic mass is 16.5. The van der Waals surface area contributed by atoms with Crippen LogP contribution in [0.2, 0.25) is 0 Å². The fraction of sp³-hybridized carbons (Fsp3) is 0.815. The first-order valence-corrected chi connectivity index (χ1v) is 12.3. The smallest absolute Gasteiger partial charge is 0.155 e. The van der Waals surface area contributed by atoms with E-state index in [-0.39, 0.29) is 5.41 Å². The number of allylic oxidation sites excluding steroid dienone is 3. The largest absolute Gasteiger partial charge is 0.494 e. The minimum absolute atomic E-state index is 0.240. The summed E-state index contributed by atoms with van der Waals surface area (Å²) < 4.78 is 6.65. The minimum atomic E-state index is 0.240. The molecule has 0 N–H and O–H groups in total. The number of carbonyl (C=O) groups excluding carboxylic acids is 1. The molecule has 3 saturated carbocycles. The first-order chi connectivity index (χ1) is 13.7. The highest BCUT2D eigenvalue weighted by Crippen LogP contribution is 2.69. The summed E-state index contributed by atoms with van der Waals surface area (Å²) in [5.74, 6) is 6.01. The Morgan fingerprint density at radius 3 is 2.72 bits per heavy atom.